The van der Waals surface area contributed by atoms with Gasteiger partial charge in [-0.2, -0.15) is 17.5 Å². The number of rotatable bonds is 4. The van der Waals surface area contributed by atoms with E-state index in [0.717, 1.165) is 23.8 Å². The van der Waals surface area contributed by atoms with Gasteiger partial charge in [-0.1, -0.05) is 6.08 Å². The Bertz CT molecular complexity index is 1120. The second-order valence-corrected chi connectivity index (χ2v) is 11.7. The van der Waals surface area contributed by atoms with E-state index in [1.165, 1.54) is 15.5 Å². The van der Waals surface area contributed by atoms with Gasteiger partial charge in [0.1, 0.15) is 11.4 Å². The minimum absolute atomic E-state index is 0.111. The molecule has 0 N–H and O–H groups in total. The molecule has 1 saturated heterocycles. The number of carbonyl (C=O) groups excluding carboxylic acids is 1. The first-order valence-corrected chi connectivity index (χ1v) is 13.5. The number of aromatic nitrogens is 1. The molecule has 0 spiro atoms. The monoisotopic (exact) mass is 517 g/mol. The van der Waals surface area contributed by atoms with Crippen LogP contribution in [0.25, 0.3) is 5.57 Å². The SMILES string of the molecule is CC(OC(=O)N1CCC([C@@]2(C)Cc3cc(C4=CCN(S(C)(=O)=O)CC4)ncc3O2)CC1)C(F)(F)F. The zero-order chi connectivity index (χ0) is 25.6. The van der Waals surface area contributed by atoms with Gasteiger partial charge in [-0.15, -0.1) is 0 Å². The van der Waals surface area contributed by atoms with E-state index in [4.69, 9.17) is 4.74 Å². The second kappa shape index (κ2) is 9.27. The van der Waals surface area contributed by atoms with E-state index < -0.39 is 34.0 Å². The predicted octanol–water partition coefficient (Wildman–Crippen LogP) is 3.62. The maximum absolute atomic E-state index is 12.7. The summed E-state index contributed by atoms with van der Waals surface area (Å²) in [7, 11) is -3.22. The smallest absolute Gasteiger partial charge is 0.425 e. The lowest BCUT2D eigenvalue weighted by molar-refractivity contribution is -0.200. The highest BCUT2D eigenvalue weighted by molar-refractivity contribution is 7.88. The number of amides is 1. The molecule has 0 aliphatic carbocycles. The third-order valence-electron chi connectivity index (χ3n) is 7.16. The zero-order valence-electron chi connectivity index (χ0n) is 20.0. The lowest BCUT2D eigenvalue weighted by Gasteiger charge is -2.39. The van der Waals surface area contributed by atoms with Crippen molar-refractivity contribution in [2.24, 2.45) is 5.92 Å². The lowest BCUT2D eigenvalue weighted by Crippen LogP contribution is -2.48. The molecule has 0 radical (unpaired) electrons. The number of piperidine rings is 1. The molecule has 4 heterocycles. The standard InChI is InChI=1S/C23H30F3N3O5S/c1-15(23(24,25)26)33-21(30)28-8-6-18(7-9-28)22(2)13-17-12-19(27-14-20(17)34-22)16-4-10-29(11-5-16)35(3,31)32/h4,12,14-15,18H,5-11,13H2,1-3H3/t15?,22-/m1/s1. The molecule has 1 fully saturated rings. The van der Waals surface area contributed by atoms with E-state index >= 15 is 0 Å². The first kappa shape index (κ1) is 25.7. The fourth-order valence-electron chi connectivity index (χ4n) is 4.93. The summed E-state index contributed by atoms with van der Waals surface area (Å²) in [5.74, 6) is 0.811. The lowest BCUT2D eigenvalue weighted by atomic mass is 9.79. The molecule has 1 amide bonds. The molecule has 8 nitrogen and oxygen atoms in total. The number of sulfonamides is 1. The fourth-order valence-corrected chi connectivity index (χ4v) is 5.70. The van der Waals surface area contributed by atoms with Gasteiger partial charge in [0.15, 0.2) is 6.10 Å². The van der Waals surface area contributed by atoms with E-state index in [9.17, 15) is 26.4 Å². The number of alkyl halides is 3. The molecule has 35 heavy (non-hydrogen) atoms. The van der Waals surface area contributed by atoms with Crippen molar-refractivity contribution in [3.63, 3.8) is 0 Å². The van der Waals surface area contributed by atoms with Crippen LogP contribution in [-0.4, -0.2) is 79.0 Å². The number of nitrogens with zero attached hydrogens (tertiary/aromatic N) is 3. The molecule has 2 atom stereocenters. The summed E-state index contributed by atoms with van der Waals surface area (Å²) >= 11 is 0. The number of pyridine rings is 1. The Balaban J connectivity index is 1.36. The number of hydrogen-bond acceptors (Lipinski definition) is 6. The number of likely N-dealkylation sites (tertiary alicyclic amines) is 1. The van der Waals surface area contributed by atoms with Crippen molar-refractivity contribution < 1.29 is 35.9 Å². The molecular weight excluding hydrogens is 487 g/mol. The van der Waals surface area contributed by atoms with Gasteiger partial charge in [-0.05, 0) is 44.7 Å². The first-order valence-electron chi connectivity index (χ1n) is 11.6. The normalized spacial score (nSPS) is 25.0. The predicted molar refractivity (Wildman–Crippen MR) is 122 cm³/mol. The summed E-state index contributed by atoms with van der Waals surface area (Å²) in [6.45, 7) is 4.18. The Hall–Kier alpha value is -2.34. The maximum atomic E-state index is 12.7. The average molecular weight is 518 g/mol. The van der Waals surface area contributed by atoms with E-state index in [-0.39, 0.29) is 5.92 Å². The summed E-state index contributed by atoms with van der Waals surface area (Å²) in [4.78, 5) is 18.0. The molecule has 3 aliphatic heterocycles. The molecule has 3 aliphatic rings. The van der Waals surface area contributed by atoms with Crippen LogP contribution in [-0.2, 0) is 21.2 Å². The van der Waals surface area contributed by atoms with Crippen LogP contribution < -0.4 is 4.74 Å². The van der Waals surface area contributed by atoms with Gasteiger partial charge in [-0.25, -0.2) is 13.2 Å². The number of fused-ring (bicyclic) bond motifs is 1. The highest BCUT2D eigenvalue weighted by Gasteiger charge is 2.45. The van der Waals surface area contributed by atoms with Gasteiger partial charge in [0.05, 0.1) is 18.1 Å². The van der Waals surface area contributed by atoms with Crippen LogP contribution in [0.4, 0.5) is 18.0 Å². The van der Waals surface area contributed by atoms with Crippen molar-refractivity contribution >= 4 is 21.7 Å². The van der Waals surface area contributed by atoms with Crippen LogP contribution in [0.2, 0.25) is 0 Å². The van der Waals surface area contributed by atoms with Crippen molar-refractivity contribution in [3.05, 3.63) is 29.6 Å². The Morgan fingerprint density at radius 3 is 2.54 bits per heavy atom. The third kappa shape index (κ3) is 5.58. The highest BCUT2D eigenvalue weighted by Crippen LogP contribution is 2.43. The molecule has 0 saturated carbocycles. The molecule has 1 unspecified atom stereocenters. The van der Waals surface area contributed by atoms with Crippen molar-refractivity contribution in [2.45, 2.75) is 57.4 Å². The largest absolute Gasteiger partial charge is 0.485 e. The van der Waals surface area contributed by atoms with Crippen LogP contribution in [0.3, 0.4) is 0 Å². The van der Waals surface area contributed by atoms with Gasteiger partial charge >= 0.3 is 12.3 Å². The molecule has 4 rings (SSSR count). The van der Waals surface area contributed by atoms with Crippen LogP contribution in [0.1, 0.15) is 44.4 Å². The van der Waals surface area contributed by atoms with E-state index in [0.29, 0.717) is 57.6 Å². The van der Waals surface area contributed by atoms with Crippen LogP contribution in [0, 0.1) is 5.92 Å². The number of carbonyl (C=O) groups is 1. The maximum Gasteiger partial charge on any atom is 0.425 e. The Morgan fingerprint density at radius 1 is 1.29 bits per heavy atom. The minimum atomic E-state index is -4.58. The Labute approximate surface area is 203 Å². The van der Waals surface area contributed by atoms with Crippen molar-refractivity contribution in [1.82, 2.24) is 14.2 Å². The number of hydrogen-bond donors (Lipinski definition) is 0. The van der Waals surface area contributed by atoms with E-state index in [1.54, 1.807) is 6.20 Å². The number of ether oxygens (including phenoxy) is 2. The molecule has 1 aromatic rings. The Morgan fingerprint density at radius 2 is 1.97 bits per heavy atom. The summed E-state index contributed by atoms with van der Waals surface area (Å²) < 4.78 is 73.8. The summed E-state index contributed by atoms with van der Waals surface area (Å²) in [6.07, 6.45) is -0.467. The van der Waals surface area contributed by atoms with Crippen molar-refractivity contribution in [2.75, 3.05) is 32.4 Å². The van der Waals surface area contributed by atoms with Gasteiger partial charge in [0, 0.05) is 44.1 Å². The van der Waals surface area contributed by atoms with E-state index in [1.807, 2.05) is 19.1 Å². The molecule has 12 heteroatoms. The first-order chi connectivity index (χ1) is 16.3. The quantitative estimate of drug-likeness (QED) is 0.606. The second-order valence-electron chi connectivity index (χ2n) is 9.70. The van der Waals surface area contributed by atoms with Crippen LogP contribution >= 0.6 is 0 Å². The van der Waals surface area contributed by atoms with Gasteiger partial charge in [0.25, 0.3) is 0 Å². The van der Waals surface area contributed by atoms with Crippen LogP contribution in [0.15, 0.2) is 18.3 Å². The Kier molecular flexibility index (Phi) is 6.82. The van der Waals surface area contributed by atoms with Crippen molar-refractivity contribution in [1.29, 1.82) is 0 Å². The summed E-state index contributed by atoms with van der Waals surface area (Å²) in [5.41, 5.74) is 2.32. The molecular formula is C23H30F3N3O5S. The molecule has 0 aromatic carbocycles. The van der Waals surface area contributed by atoms with Crippen molar-refractivity contribution in [3.8, 4) is 5.75 Å². The minimum Gasteiger partial charge on any atom is -0.485 e. The van der Waals surface area contributed by atoms with Gasteiger partial charge in [0.2, 0.25) is 10.0 Å². The van der Waals surface area contributed by atoms with E-state index in [2.05, 4.69) is 9.72 Å². The number of halogens is 3. The summed E-state index contributed by atoms with van der Waals surface area (Å²) in [5, 5.41) is 0. The van der Waals surface area contributed by atoms with Crippen LogP contribution in [0.5, 0.6) is 5.75 Å². The average Bonchev–Trinajstić information content (AvgIpc) is 3.14. The third-order valence-corrected chi connectivity index (χ3v) is 8.43. The molecule has 194 valence electrons. The highest BCUT2D eigenvalue weighted by atomic mass is 32.2. The molecule has 0 bridgehead atoms. The van der Waals surface area contributed by atoms with Gasteiger partial charge < -0.3 is 14.4 Å². The van der Waals surface area contributed by atoms with Gasteiger partial charge in [-0.3, -0.25) is 4.98 Å². The topological polar surface area (TPSA) is 89.0 Å². The summed E-state index contributed by atoms with van der Waals surface area (Å²) in [6, 6.07) is 1.99. The fraction of sp³-hybridized carbons (Fsp3) is 0.652. The zero-order valence-corrected chi connectivity index (χ0v) is 20.8. The molecule has 1 aromatic heterocycles.